The van der Waals surface area contributed by atoms with Gasteiger partial charge in [0.15, 0.2) is 5.78 Å². The maximum atomic E-state index is 14.7. The number of Topliss-reactive ketones (excluding diaryl/α,β-unsaturated/α-hetero) is 1. The van der Waals surface area contributed by atoms with Crippen molar-refractivity contribution in [3.63, 3.8) is 0 Å². The zero-order valence-electron chi connectivity index (χ0n) is 31.6. The molecule has 2 aliphatic rings. The summed E-state index contributed by atoms with van der Waals surface area (Å²) in [5.41, 5.74) is 4.02. The summed E-state index contributed by atoms with van der Waals surface area (Å²) in [7, 11) is -0.893. The Morgan fingerprint density at radius 1 is 1.00 bits per heavy atom. The number of para-hydroxylation sites is 1. The highest BCUT2D eigenvalue weighted by Crippen LogP contribution is 2.39. The van der Waals surface area contributed by atoms with Gasteiger partial charge in [-0.05, 0) is 34.7 Å². The number of hydrazine groups is 1. The summed E-state index contributed by atoms with van der Waals surface area (Å²) >= 11 is 0. The van der Waals surface area contributed by atoms with E-state index in [-0.39, 0.29) is 62.7 Å². The normalized spacial score (nSPS) is 17.9. The van der Waals surface area contributed by atoms with Crippen molar-refractivity contribution in [1.82, 2.24) is 29.7 Å². The number of hydrogen-bond acceptors (Lipinski definition) is 7. The van der Waals surface area contributed by atoms with Gasteiger partial charge in [0.1, 0.15) is 18.0 Å². The van der Waals surface area contributed by atoms with E-state index in [1.165, 1.54) is 13.3 Å². The average Bonchev–Trinajstić information content (AvgIpc) is 3.46. The largest absolute Gasteiger partial charge is 0.443 e. The van der Waals surface area contributed by atoms with Crippen LogP contribution in [0.3, 0.4) is 0 Å². The summed E-state index contributed by atoms with van der Waals surface area (Å²) in [6.45, 7) is 11.6. The van der Waals surface area contributed by atoms with Gasteiger partial charge in [-0.15, -0.1) is 6.58 Å². The number of fused-ring (bicyclic) bond motifs is 2. The lowest BCUT2D eigenvalue weighted by atomic mass is 9.97. The van der Waals surface area contributed by atoms with E-state index in [0.29, 0.717) is 17.7 Å². The smallest absolute Gasteiger partial charge is 0.334 e. The van der Waals surface area contributed by atoms with Crippen molar-refractivity contribution < 1.29 is 28.3 Å². The zero-order valence-corrected chi connectivity index (χ0v) is 32.5. The molecule has 1 aromatic heterocycles. The number of amides is 4. The molecule has 54 heavy (non-hydrogen) atoms. The van der Waals surface area contributed by atoms with Crippen LogP contribution in [0.5, 0.6) is 5.75 Å². The Morgan fingerprint density at radius 2 is 1.72 bits per heavy atom. The summed E-state index contributed by atoms with van der Waals surface area (Å²) < 4.78 is 19.8. The molecule has 2 aliphatic heterocycles. The molecule has 0 spiro atoms. The number of piperazine rings is 1. The van der Waals surface area contributed by atoms with E-state index >= 15 is 0 Å². The van der Waals surface area contributed by atoms with Gasteiger partial charge in [0.25, 0.3) is 0 Å². The molecular weight excluding hydrogens is 703 g/mol. The molecule has 2 unspecified atom stereocenters. The van der Waals surface area contributed by atoms with Gasteiger partial charge in [0, 0.05) is 70.0 Å². The predicted molar refractivity (Wildman–Crippen MR) is 209 cm³/mol. The highest BCUT2D eigenvalue weighted by atomic mass is 31.2. The fraction of sp³-hybridized carbons (Fsp3) is 0.366. The molecular formula is C41H49N6O6P. The van der Waals surface area contributed by atoms with Crippen molar-refractivity contribution in [3.8, 4) is 5.75 Å². The monoisotopic (exact) mass is 752 g/mol. The Hall–Kier alpha value is -5.19. The third-order valence-electron chi connectivity index (χ3n) is 9.68. The number of aryl methyl sites for hydroxylation is 1. The van der Waals surface area contributed by atoms with Crippen molar-refractivity contribution in [2.45, 2.75) is 52.0 Å². The Kier molecular flexibility index (Phi) is 11.4. The lowest BCUT2D eigenvalue weighted by molar-refractivity contribution is -0.189. The van der Waals surface area contributed by atoms with Crippen LogP contribution in [0.1, 0.15) is 47.3 Å². The molecule has 0 bridgehead atoms. The zero-order chi connectivity index (χ0) is 38.7. The van der Waals surface area contributed by atoms with Gasteiger partial charge in [-0.25, -0.2) is 14.8 Å². The number of ketones is 1. The standard InChI is InChI=1S/C41H49N6O6P/c1-7-20-45-27-38(49)46-35(22-29-16-18-32(19-17-29)53-54(5,6)52)40(50)44(26-37(46)47(45)41(51)42-23-30-12-9-8-10-13-30)24-31-14-11-15-33-34(25-43(4)39(31)33)36(48)21-28(2)3/h7-19,25,28,35,37H,1,20-24,26-27H2,2-6H3,(H,42,51). The van der Waals surface area contributed by atoms with Crippen molar-refractivity contribution in [1.29, 1.82) is 0 Å². The molecule has 4 amide bonds. The van der Waals surface area contributed by atoms with E-state index in [1.54, 1.807) is 50.2 Å². The molecule has 0 saturated carbocycles. The summed E-state index contributed by atoms with van der Waals surface area (Å²) in [6.07, 6.45) is 3.28. The maximum absolute atomic E-state index is 14.7. The van der Waals surface area contributed by atoms with Crippen LogP contribution in [-0.2, 0) is 40.7 Å². The number of rotatable bonds is 13. The second-order valence-corrected chi connectivity index (χ2v) is 17.5. The molecule has 284 valence electrons. The molecule has 2 atom stereocenters. The van der Waals surface area contributed by atoms with Gasteiger partial charge in [-0.2, -0.15) is 0 Å². The number of carbonyl (C=O) groups is 4. The van der Waals surface area contributed by atoms with E-state index in [0.717, 1.165) is 27.6 Å². The quantitative estimate of drug-likeness (QED) is 0.100. The fourth-order valence-electron chi connectivity index (χ4n) is 7.45. The van der Waals surface area contributed by atoms with Crippen LogP contribution in [0.2, 0.25) is 0 Å². The van der Waals surface area contributed by atoms with Gasteiger partial charge < -0.3 is 24.2 Å². The number of nitrogens with zero attached hydrogens (tertiary/aromatic N) is 5. The van der Waals surface area contributed by atoms with Crippen LogP contribution in [0.25, 0.3) is 10.9 Å². The molecule has 2 saturated heterocycles. The Morgan fingerprint density at radius 3 is 2.39 bits per heavy atom. The minimum Gasteiger partial charge on any atom is -0.443 e. The minimum atomic E-state index is -2.79. The van der Waals surface area contributed by atoms with Crippen molar-refractivity contribution >= 4 is 41.9 Å². The van der Waals surface area contributed by atoms with Gasteiger partial charge in [-0.1, -0.05) is 80.6 Å². The molecule has 12 nitrogen and oxygen atoms in total. The van der Waals surface area contributed by atoms with Gasteiger partial charge in [-0.3, -0.25) is 18.9 Å². The molecule has 4 aromatic rings. The van der Waals surface area contributed by atoms with E-state index in [1.807, 2.05) is 80.2 Å². The fourth-order valence-corrected chi connectivity index (χ4v) is 8.08. The first-order valence-electron chi connectivity index (χ1n) is 18.2. The SMILES string of the molecule is C=CCN1CC(=O)N2C(Cc3ccc(OP(C)(C)=O)cc3)C(=O)N(Cc3cccc4c(C(=O)CC(C)C)cn(C)c34)CC2N1C(=O)NCc1ccccc1. The number of nitrogens with one attached hydrogen (secondary N) is 1. The highest BCUT2D eigenvalue weighted by molar-refractivity contribution is 7.57. The molecule has 2 fully saturated rings. The third-order valence-corrected chi connectivity index (χ3v) is 10.3. The van der Waals surface area contributed by atoms with Crippen LogP contribution >= 0.6 is 7.37 Å². The molecule has 3 aromatic carbocycles. The predicted octanol–water partition coefficient (Wildman–Crippen LogP) is 6.06. The summed E-state index contributed by atoms with van der Waals surface area (Å²) in [5.74, 6) is 0.184. The van der Waals surface area contributed by atoms with Gasteiger partial charge in [0.05, 0.1) is 18.6 Å². The molecule has 1 N–H and O–H groups in total. The lowest BCUT2D eigenvalue weighted by Crippen LogP contribution is -2.76. The summed E-state index contributed by atoms with van der Waals surface area (Å²) in [5, 5.41) is 7.08. The molecule has 0 radical (unpaired) electrons. The molecule has 3 heterocycles. The Bertz CT molecular complexity index is 2090. The number of aromatic nitrogens is 1. The van der Waals surface area contributed by atoms with E-state index in [4.69, 9.17) is 4.52 Å². The Labute approximate surface area is 316 Å². The lowest BCUT2D eigenvalue weighted by Gasteiger charge is -2.55. The molecule has 13 heteroatoms. The molecule has 0 aliphatic carbocycles. The first-order chi connectivity index (χ1) is 25.7. The number of benzene rings is 3. The van der Waals surface area contributed by atoms with Gasteiger partial charge >= 0.3 is 6.03 Å². The second kappa shape index (κ2) is 16.0. The van der Waals surface area contributed by atoms with E-state index < -0.39 is 25.6 Å². The van der Waals surface area contributed by atoms with E-state index in [9.17, 15) is 23.7 Å². The van der Waals surface area contributed by atoms with Crippen LogP contribution < -0.4 is 9.84 Å². The topological polar surface area (TPSA) is 124 Å². The molecule has 6 rings (SSSR count). The first-order valence-corrected chi connectivity index (χ1v) is 20.8. The first kappa shape index (κ1) is 38.5. The Balaban J connectivity index is 1.38. The third kappa shape index (κ3) is 8.45. The van der Waals surface area contributed by atoms with E-state index in [2.05, 4.69) is 11.9 Å². The minimum absolute atomic E-state index is 0.0580. The summed E-state index contributed by atoms with van der Waals surface area (Å²) in [4.78, 5) is 59.5. The average molecular weight is 753 g/mol. The number of urea groups is 1. The van der Waals surface area contributed by atoms with Crippen LogP contribution in [0.15, 0.2) is 91.6 Å². The van der Waals surface area contributed by atoms with Crippen LogP contribution in [-0.4, -0.2) is 93.2 Å². The van der Waals surface area contributed by atoms with Crippen molar-refractivity contribution in [2.24, 2.45) is 13.0 Å². The maximum Gasteiger partial charge on any atom is 0.334 e. The van der Waals surface area contributed by atoms with Crippen LogP contribution in [0.4, 0.5) is 4.79 Å². The highest BCUT2D eigenvalue weighted by Gasteiger charge is 2.51. The number of carbonyl (C=O) groups excluding carboxylic acids is 4. The second-order valence-electron chi connectivity index (χ2n) is 14.8. The van der Waals surface area contributed by atoms with Crippen molar-refractivity contribution in [2.75, 3.05) is 33.0 Å². The van der Waals surface area contributed by atoms with Crippen LogP contribution in [0, 0.1) is 5.92 Å². The summed E-state index contributed by atoms with van der Waals surface area (Å²) in [6, 6.07) is 21.0. The van der Waals surface area contributed by atoms with Crippen molar-refractivity contribution in [3.05, 3.63) is 114 Å². The van der Waals surface area contributed by atoms with Gasteiger partial charge in [0.2, 0.25) is 19.2 Å². The number of hydrogen-bond donors (Lipinski definition) is 1.